The fourth-order valence-corrected chi connectivity index (χ4v) is 2.00. The first-order valence-electron chi connectivity index (χ1n) is 5.42. The van der Waals surface area contributed by atoms with Gasteiger partial charge in [-0.2, -0.15) is 0 Å². The Bertz CT molecular complexity index is 237. The number of carbonyl (C=O) groups is 2. The van der Waals surface area contributed by atoms with Crippen LogP contribution in [0.5, 0.6) is 0 Å². The quantitative estimate of drug-likeness (QED) is 0.666. The van der Waals surface area contributed by atoms with Gasteiger partial charge in [-0.05, 0) is 18.8 Å². The standard InChI is InChI=1S/C11H18O4/c1-3-8(7-10(12)14-2)9-5-4-6-15-11(9)13/h8-9H,3-7H2,1-2H3/t8-,9-/m0/s1. The molecule has 4 nitrogen and oxygen atoms in total. The Hall–Kier alpha value is -1.06. The van der Waals surface area contributed by atoms with Crippen molar-refractivity contribution in [3.05, 3.63) is 0 Å². The SMILES string of the molecule is CC[C@@H](CC(=O)OC)[C@@H]1CCCOC1=O. The molecule has 4 heteroatoms. The average molecular weight is 214 g/mol. The Morgan fingerprint density at radius 2 is 2.40 bits per heavy atom. The van der Waals surface area contributed by atoms with E-state index in [0.29, 0.717) is 13.0 Å². The molecule has 0 saturated carbocycles. The first-order valence-corrected chi connectivity index (χ1v) is 5.42. The van der Waals surface area contributed by atoms with Crippen molar-refractivity contribution in [3.63, 3.8) is 0 Å². The lowest BCUT2D eigenvalue weighted by molar-refractivity contribution is -0.156. The molecule has 0 N–H and O–H groups in total. The minimum atomic E-state index is -0.250. The summed E-state index contributed by atoms with van der Waals surface area (Å²) in [5.41, 5.74) is 0. The van der Waals surface area contributed by atoms with Crippen LogP contribution in [0.4, 0.5) is 0 Å². The Kier molecular flexibility index (Phi) is 4.59. The van der Waals surface area contributed by atoms with Gasteiger partial charge in [0, 0.05) is 6.42 Å². The maximum Gasteiger partial charge on any atom is 0.309 e. The van der Waals surface area contributed by atoms with E-state index < -0.39 is 0 Å². The molecule has 0 aliphatic carbocycles. The van der Waals surface area contributed by atoms with Gasteiger partial charge in [0.15, 0.2) is 0 Å². The maximum atomic E-state index is 11.5. The fraction of sp³-hybridized carbons (Fsp3) is 0.818. The number of hydrogen-bond donors (Lipinski definition) is 0. The van der Waals surface area contributed by atoms with Crippen molar-refractivity contribution in [2.75, 3.05) is 13.7 Å². The number of rotatable bonds is 4. The largest absolute Gasteiger partial charge is 0.469 e. The summed E-state index contributed by atoms with van der Waals surface area (Å²) in [6, 6.07) is 0. The lowest BCUT2D eigenvalue weighted by Gasteiger charge is -2.27. The van der Waals surface area contributed by atoms with Gasteiger partial charge in [-0.25, -0.2) is 0 Å². The second kappa shape index (κ2) is 5.73. The molecule has 0 spiro atoms. The molecule has 0 bridgehead atoms. The highest BCUT2D eigenvalue weighted by Gasteiger charge is 2.32. The molecule has 1 heterocycles. The van der Waals surface area contributed by atoms with Crippen LogP contribution in [0, 0.1) is 11.8 Å². The van der Waals surface area contributed by atoms with Gasteiger partial charge in [0.1, 0.15) is 0 Å². The van der Waals surface area contributed by atoms with E-state index in [1.54, 1.807) is 0 Å². The predicted octanol–water partition coefficient (Wildman–Crippen LogP) is 1.53. The van der Waals surface area contributed by atoms with Gasteiger partial charge >= 0.3 is 11.9 Å². The van der Waals surface area contributed by atoms with Crippen molar-refractivity contribution >= 4 is 11.9 Å². The van der Waals surface area contributed by atoms with Gasteiger partial charge in [-0.15, -0.1) is 0 Å². The van der Waals surface area contributed by atoms with Gasteiger partial charge in [-0.1, -0.05) is 13.3 Å². The number of carbonyl (C=O) groups excluding carboxylic acids is 2. The number of ether oxygens (including phenoxy) is 2. The van der Waals surface area contributed by atoms with E-state index in [4.69, 9.17) is 4.74 Å². The van der Waals surface area contributed by atoms with Gasteiger partial charge in [0.2, 0.25) is 0 Å². The van der Waals surface area contributed by atoms with Crippen LogP contribution >= 0.6 is 0 Å². The molecule has 0 amide bonds. The van der Waals surface area contributed by atoms with Crippen LogP contribution in [-0.4, -0.2) is 25.7 Å². The van der Waals surface area contributed by atoms with E-state index in [-0.39, 0.29) is 23.8 Å². The highest BCUT2D eigenvalue weighted by Crippen LogP contribution is 2.28. The molecule has 1 aliphatic heterocycles. The van der Waals surface area contributed by atoms with Crippen molar-refractivity contribution in [2.24, 2.45) is 11.8 Å². The molecule has 15 heavy (non-hydrogen) atoms. The summed E-state index contributed by atoms with van der Waals surface area (Å²) < 4.78 is 9.61. The smallest absolute Gasteiger partial charge is 0.309 e. The first kappa shape index (κ1) is 12.0. The van der Waals surface area contributed by atoms with E-state index >= 15 is 0 Å². The van der Waals surface area contributed by atoms with E-state index in [2.05, 4.69) is 4.74 Å². The summed E-state index contributed by atoms with van der Waals surface area (Å²) in [4.78, 5) is 22.6. The van der Waals surface area contributed by atoms with Crippen LogP contribution in [0.1, 0.15) is 32.6 Å². The normalized spacial score (nSPS) is 23.1. The van der Waals surface area contributed by atoms with Gasteiger partial charge in [0.25, 0.3) is 0 Å². The molecule has 0 unspecified atom stereocenters. The summed E-state index contributed by atoms with van der Waals surface area (Å²) in [5, 5.41) is 0. The van der Waals surface area contributed by atoms with Crippen LogP contribution in [0.3, 0.4) is 0 Å². The van der Waals surface area contributed by atoms with E-state index in [1.165, 1.54) is 7.11 Å². The van der Waals surface area contributed by atoms with Crippen molar-refractivity contribution < 1.29 is 19.1 Å². The Morgan fingerprint density at radius 3 is 2.93 bits per heavy atom. The van der Waals surface area contributed by atoms with Crippen molar-refractivity contribution in [1.82, 2.24) is 0 Å². The highest BCUT2D eigenvalue weighted by atomic mass is 16.5. The van der Waals surface area contributed by atoms with Crippen LogP contribution < -0.4 is 0 Å². The monoisotopic (exact) mass is 214 g/mol. The van der Waals surface area contributed by atoms with Crippen LogP contribution in [0.2, 0.25) is 0 Å². The lowest BCUT2D eigenvalue weighted by atomic mass is 9.83. The van der Waals surface area contributed by atoms with Crippen LogP contribution in [-0.2, 0) is 19.1 Å². The number of methoxy groups -OCH3 is 1. The van der Waals surface area contributed by atoms with Gasteiger partial charge in [-0.3, -0.25) is 9.59 Å². The molecule has 0 aromatic rings. The topological polar surface area (TPSA) is 52.6 Å². The van der Waals surface area contributed by atoms with Gasteiger partial charge < -0.3 is 9.47 Å². The fourth-order valence-electron chi connectivity index (χ4n) is 2.00. The number of esters is 2. The van der Waals surface area contributed by atoms with E-state index in [0.717, 1.165) is 19.3 Å². The molecule has 1 rings (SSSR count). The molecular weight excluding hydrogens is 196 g/mol. The zero-order valence-corrected chi connectivity index (χ0v) is 9.32. The summed E-state index contributed by atoms with van der Waals surface area (Å²) in [7, 11) is 1.37. The Labute approximate surface area is 89.9 Å². The van der Waals surface area contributed by atoms with Gasteiger partial charge in [0.05, 0.1) is 19.6 Å². The third kappa shape index (κ3) is 3.22. The molecule has 2 atom stereocenters. The summed E-state index contributed by atoms with van der Waals surface area (Å²) >= 11 is 0. The molecule has 86 valence electrons. The summed E-state index contributed by atoms with van der Waals surface area (Å²) in [5.74, 6) is -0.467. The molecular formula is C11H18O4. The first-order chi connectivity index (χ1) is 7.19. The second-order valence-electron chi connectivity index (χ2n) is 3.86. The zero-order valence-electron chi connectivity index (χ0n) is 9.32. The number of hydrogen-bond acceptors (Lipinski definition) is 4. The second-order valence-corrected chi connectivity index (χ2v) is 3.86. The molecule has 0 aromatic heterocycles. The van der Waals surface area contributed by atoms with E-state index in [1.807, 2.05) is 6.92 Å². The van der Waals surface area contributed by atoms with Crippen molar-refractivity contribution in [1.29, 1.82) is 0 Å². The third-order valence-corrected chi connectivity index (χ3v) is 2.96. The summed E-state index contributed by atoms with van der Waals surface area (Å²) in [6.07, 6.45) is 2.84. The predicted molar refractivity (Wildman–Crippen MR) is 54.1 cm³/mol. The molecule has 0 radical (unpaired) electrons. The number of cyclic esters (lactones) is 1. The Balaban J connectivity index is 2.55. The van der Waals surface area contributed by atoms with Crippen LogP contribution in [0.15, 0.2) is 0 Å². The van der Waals surface area contributed by atoms with Crippen LogP contribution in [0.25, 0.3) is 0 Å². The van der Waals surface area contributed by atoms with Crippen molar-refractivity contribution in [3.8, 4) is 0 Å². The molecule has 1 saturated heterocycles. The Morgan fingerprint density at radius 1 is 1.67 bits per heavy atom. The third-order valence-electron chi connectivity index (χ3n) is 2.96. The van der Waals surface area contributed by atoms with Crippen molar-refractivity contribution in [2.45, 2.75) is 32.6 Å². The maximum absolute atomic E-state index is 11.5. The molecule has 1 fully saturated rings. The molecule has 1 aliphatic rings. The summed E-state index contributed by atoms with van der Waals surface area (Å²) in [6.45, 7) is 2.50. The minimum absolute atomic E-state index is 0.0604. The lowest BCUT2D eigenvalue weighted by Crippen LogP contribution is -2.31. The zero-order chi connectivity index (χ0) is 11.3. The minimum Gasteiger partial charge on any atom is -0.469 e. The molecule has 0 aromatic carbocycles. The van der Waals surface area contributed by atoms with E-state index in [9.17, 15) is 9.59 Å². The average Bonchev–Trinajstić information content (AvgIpc) is 2.26. The highest BCUT2D eigenvalue weighted by molar-refractivity contribution is 5.75.